The van der Waals surface area contributed by atoms with Gasteiger partial charge in [0, 0.05) is 13.0 Å². The van der Waals surface area contributed by atoms with Crippen LogP contribution in [0.15, 0.2) is 24.3 Å². The Kier molecular flexibility index (Phi) is 2.91. The van der Waals surface area contributed by atoms with Gasteiger partial charge in [-0.25, -0.2) is 4.98 Å². The third kappa shape index (κ3) is 2.23. The zero-order chi connectivity index (χ0) is 11.7. The Balaban J connectivity index is 1.70. The SMILES string of the molecule is Clc1ccccc1OCc1nc2c(s1)CCN2. The molecule has 0 spiro atoms. The molecule has 0 unspecified atom stereocenters. The van der Waals surface area contributed by atoms with Crippen LogP contribution < -0.4 is 10.1 Å². The van der Waals surface area contributed by atoms with Crippen LogP contribution in [-0.2, 0) is 13.0 Å². The quantitative estimate of drug-likeness (QED) is 0.925. The molecule has 88 valence electrons. The van der Waals surface area contributed by atoms with Crippen LogP contribution in [-0.4, -0.2) is 11.5 Å². The highest BCUT2D eigenvalue weighted by Crippen LogP contribution is 2.29. The summed E-state index contributed by atoms with van der Waals surface area (Å²) >= 11 is 7.72. The number of anilines is 1. The summed E-state index contributed by atoms with van der Waals surface area (Å²) in [6, 6.07) is 7.48. The van der Waals surface area contributed by atoms with E-state index in [4.69, 9.17) is 16.3 Å². The average molecular weight is 267 g/mol. The molecule has 17 heavy (non-hydrogen) atoms. The Hall–Kier alpha value is -1.26. The van der Waals surface area contributed by atoms with Crippen LogP contribution in [0.2, 0.25) is 5.02 Å². The number of rotatable bonds is 3. The van der Waals surface area contributed by atoms with Crippen LogP contribution in [0.4, 0.5) is 5.82 Å². The van der Waals surface area contributed by atoms with Gasteiger partial charge in [0.25, 0.3) is 0 Å². The van der Waals surface area contributed by atoms with E-state index in [0.717, 1.165) is 23.8 Å². The minimum Gasteiger partial charge on any atom is -0.485 e. The van der Waals surface area contributed by atoms with Gasteiger partial charge in [0.2, 0.25) is 0 Å². The molecule has 0 saturated carbocycles. The van der Waals surface area contributed by atoms with Crippen LogP contribution >= 0.6 is 22.9 Å². The Morgan fingerprint density at radius 1 is 1.41 bits per heavy atom. The van der Waals surface area contributed by atoms with Crippen LogP contribution in [0.3, 0.4) is 0 Å². The lowest BCUT2D eigenvalue weighted by atomic mass is 10.3. The maximum atomic E-state index is 6.01. The van der Waals surface area contributed by atoms with E-state index in [1.54, 1.807) is 11.3 Å². The van der Waals surface area contributed by atoms with Gasteiger partial charge in [-0.1, -0.05) is 23.7 Å². The first-order valence-electron chi connectivity index (χ1n) is 5.43. The molecule has 0 amide bonds. The maximum Gasteiger partial charge on any atom is 0.140 e. The van der Waals surface area contributed by atoms with E-state index < -0.39 is 0 Å². The molecule has 0 saturated heterocycles. The minimum atomic E-state index is 0.475. The van der Waals surface area contributed by atoms with Crippen molar-refractivity contribution in [2.24, 2.45) is 0 Å². The first kappa shape index (κ1) is 10.9. The summed E-state index contributed by atoms with van der Waals surface area (Å²) < 4.78 is 5.65. The molecule has 0 bridgehead atoms. The Bertz CT molecular complexity index is 520. The Morgan fingerprint density at radius 2 is 2.29 bits per heavy atom. The van der Waals surface area contributed by atoms with Gasteiger partial charge in [-0.15, -0.1) is 11.3 Å². The highest BCUT2D eigenvalue weighted by Gasteiger charge is 2.16. The molecular formula is C12H11ClN2OS. The number of benzene rings is 1. The van der Waals surface area contributed by atoms with E-state index in [1.165, 1.54) is 4.88 Å². The summed E-state index contributed by atoms with van der Waals surface area (Å²) in [6.07, 6.45) is 1.07. The fraction of sp³-hybridized carbons (Fsp3) is 0.250. The predicted molar refractivity (Wildman–Crippen MR) is 70.1 cm³/mol. The molecule has 0 radical (unpaired) electrons. The van der Waals surface area contributed by atoms with E-state index in [-0.39, 0.29) is 0 Å². The molecule has 2 heterocycles. The van der Waals surface area contributed by atoms with Crippen molar-refractivity contribution in [3.8, 4) is 5.75 Å². The normalized spacial score (nSPS) is 13.2. The molecule has 1 aliphatic rings. The number of nitrogens with one attached hydrogen (secondary N) is 1. The lowest BCUT2D eigenvalue weighted by Crippen LogP contribution is -1.98. The molecule has 1 aliphatic heterocycles. The summed E-state index contributed by atoms with van der Waals surface area (Å²) in [5.41, 5.74) is 0. The summed E-state index contributed by atoms with van der Waals surface area (Å²) in [7, 11) is 0. The van der Waals surface area contributed by atoms with E-state index in [0.29, 0.717) is 17.4 Å². The highest BCUT2D eigenvalue weighted by molar-refractivity contribution is 7.12. The number of para-hydroxylation sites is 1. The molecular weight excluding hydrogens is 256 g/mol. The fourth-order valence-electron chi connectivity index (χ4n) is 1.77. The molecule has 0 atom stereocenters. The van der Waals surface area contributed by atoms with Crippen molar-refractivity contribution >= 4 is 28.8 Å². The summed E-state index contributed by atoms with van der Waals surface area (Å²) in [5.74, 6) is 1.73. The van der Waals surface area contributed by atoms with Gasteiger partial charge < -0.3 is 10.1 Å². The highest BCUT2D eigenvalue weighted by atomic mass is 35.5. The number of aromatic nitrogens is 1. The lowest BCUT2D eigenvalue weighted by Gasteiger charge is -2.05. The number of ether oxygens (including phenoxy) is 1. The lowest BCUT2D eigenvalue weighted by molar-refractivity contribution is 0.306. The monoisotopic (exact) mass is 266 g/mol. The van der Waals surface area contributed by atoms with Crippen LogP contribution in [0.5, 0.6) is 5.75 Å². The smallest absolute Gasteiger partial charge is 0.140 e. The number of nitrogens with zero attached hydrogens (tertiary/aromatic N) is 1. The number of hydrogen-bond donors (Lipinski definition) is 1. The van der Waals surface area contributed by atoms with Gasteiger partial charge in [0.1, 0.15) is 23.2 Å². The number of fused-ring (bicyclic) bond motifs is 1. The molecule has 1 aromatic carbocycles. The molecule has 3 nitrogen and oxygen atoms in total. The first-order chi connectivity index (χ1) is 8.33. The Labute approximate surface area is 108 Å². The van der Waals surface area contributed by atoms with Crippen molar-refractivity contribution in [2.75, 3.05) is 11.9 Å². The second-order valence-electron chi connectivity index (χ2n) is 3.78. The molecule has 5 heteroatoms. The number of halogens is 1. The Morgan fingerprint density at radius 3 is 3.12 bits per heavy atom. The van der Waals surface area contributed by atoms with Crippen molar-refractivity contribution in [3.05, 3.63) is 39.2 Å². The van der Waals surface area contributed by atoms with Crippen LogP contribution in [0.1, 0.15) is 9.88 Å². The molecule has 0 aliphatic carbocycles. The minimum absolute atomic E-state index is 0.475. The van der Waals surface area contributed by atoms with Gasteiger partial charge >= 0.3 is 0 Å². The van der Waals surface area contributed by atoms with E-state index in [1.807, 2.05) is 24.3 Å². The standard InChI is InChI=1S/C12H11ClN2OS/c13-8-3-1-2-4-9(8)16-7-11-15-12-10(17-11)5-6-14-12/h1-4,14H,5-7H2. The summed E-state index contributed by atoms with van der Waals surface area (Å²) in [4.78, 5) is 5.80. The van der Waals surface area contributed by atoms with Crippen LogP contribution in [0, 0.1) is 0 Å². The van der Waals surface area contributed by atoms with E-state index >= 15 is 0 Å². The van der Waals surface area contributed by atoms with Gasteiger partial charge in [-0.3, -0.25) is 0 Å². The zero-order valence-corrected chi connectivity index (χ0v) is 10.6. The second kappa shape index (κ2) is 4.55. The molecule has 1 aromatic heterocycles. The third-order valence-corrected chi connectivity index (χ3v) is 3.97. The predicted octanol–water partition coefficient (Wildman–Crippen LogP) is 3.34. The second-order valence-corrected chi connectivity index (χ2v) is 5.35. The largest absolute Gasteiger partial charge is 0.485 e. The van der Waals surface area contributed by atoms with E-state index in [2.05, 4.69) is 10.3 Å². The summed E-state index contributed by atoms with van der Waals surface area (Å²) in [6.45, 7) is 1.48. The van der Waals surface area contributed by atoms with Gasteiger partial charge in [-0.05, 0) is 12.1 Å². The van der Waals surface area contributed by atoms with Crippen molar-refractivity contribution in [1.29, 1.82) is 0 Å². The van der Waals surface area contributed by atoms with Crippen molar-refractivity contribution in [3.63, 3.8) is 0 Å². The summed E-state index contributed by atoms with van der Waals surface area (Å²) in [5, 5.41) is 4.87. The number of hydrogen-bond acceptors (Lipinski definition) is 4. The van der Waals surface area contributed by atoms with Gasteiger partial charge in [0.15, 0.2) is 0 Å². The van der Waals surface area contributed by atoms with Gasteiger partial charge in [-0.2, -0.15) is 0 Å². The molecule has 1 N–H and O–H groups in total. The molecule has 0 fully saturated rings. The van der Waals surface area contributed by atoms with E-state index in [9.17, 15) is 0 Å². The topological polar surface area (TPSA) is 34.1 Å². The number of thiazole rings is 1. The zero-order valence-electron chi connectivity index (χ0n) is 9.07. The van der Waals surface area contributed by atoms with Crippen molar-refractivity contribution in [2.45, 2.75) is 13.0 Å². The molecule has 3 rings (SSSR count). The third-order valence-electron chi connectivity index (χ3n) is 2.57. The fourth-order valence-corrected chi connectivity index (χ4v) is 2.91. The molecule has 2 aromatic rings. The van der Waals surface area contributed by atoms with Gasteiger partial charge in [0.05, 0.1) is 9.90 Å². The average Bonchev–Trinajstić information content (AvgIpc) is 2.88. The van der Waals surface area contributed by atoms with Crippen LogP contribution in [0.25, 0.3) is 0 Å². The van der Waals surface area contributed by atoms with Crippen molar-refractivity contribution < 1.29 is 4.74 Å². The maximum absolute atomic E-state index is 6.01. The van der Waals surface area contributed by atoms with Crippen molar-refractivity contribution in [1.82, 2.24) is 4.98 Å². The first-order valence-corrected chi connectivity index (χ1v) is 6.62.